The van der Waals surface area contributed by atoms with Gasteiger partial charge in [-0.15, -0.1) is 0 Å². The van der Waals surface area contributed by atoms with E-state index in [1.54, 1.807) is 24.3 Å². The number of rotatable bonds is 3. The highest BCUT2D eigenvalue weighted by Gasteiger charge is 2.14. The highest BCUT2D eigenvalue weighted by atomic mass is 32.1. The Balaban J connectivity index is 2.35. The van der Waals surface area contributed by atoms with Crippen molar-refractivity contribution < 1.29 is 14.3 Å². The zero-order chi connectivity index (χ0) is 14.0. The van der Waals surface area contributed by atoms with E-state index < -0.39 is 11.9 Å². The number of benzene rings is 1. The van der Waals surface area contributed by atoms with E-state index in [0.29, 0.717) is 10.6 Å². The maximum Gasteiger partial charge on any atom is 0.337 e. The summed E-state index contributed by atoms with van der Waals surface area (Å²) in [6.07, 6.45) is 0. The summed E-state index contributed by atoms with van der Waals surface area (Å²) in [4.78, 5) is 26.4. The molecule has 1 aromatic carbocycles. The van der Waals surface area contributed by atoms with Crippen molar-refractivity contribution in [1.29, 1.82) is 0 Å². The van der Waals surface area contributed by atoms with E-state index in [9.17, 15) is 9.59 Å². The summed E-state index contributed by atoms with van der Waals surface area (Å²) in [5, 5.41) is 0.849. The van der Waals surface area contributed by atoms with Crippen molar-refractivity contribution in [1.82, 2.24) is 4.98 Å². The monoisotopic (exact) mass is 277 g/mol. The van der Waals surface area contributed by atoms with Gasteiger partial charge in [-0.05, 0) is 12.1 Å². The molecule has 1 heterocycles. The number of methoxy groups -OCH3 is 1. The van der Waals surface area contributed by atoms with Crippen molar-refractivity contribution in [2.24, 2.45) is 5.73 Å². The van der Waals surface area contributed by atoms with E-state index in [0.717, 1.165) is 5.56 Å². The van der Waals surface area contributed by atoms with Crippen LogP contribution < -0.4 is 11.5 Å². The maximum atomic E-state index is 11.3. The third-order valence-electron chi connectivity index (χ3n) is 2.44. The number of primary amides is 1. The fourth-order valence-corrected chi connectivity index (χ4v) is 2.34. The molecule has 1 aromatic heterocycles. The third kappa shape index (κ3) is 2.55. The van der Waals surface area contributed by atoms with Gasteiger partial charge in [0.05, 0.1) is 12.7 Å². The molecule has 0 aliphatic carbocycles. The number of anilines is 1. The molecule has 2 aromatic rings. The fourth-order valence-electron chi connectivity index (χ4n) is 1.50. The lowest BCUT2D eigenvalue weighted by molar-refractivity contribution is 0.0600. The predicted molar refractivity (Wildman–Crippen MR) is 71.8 cm³/mol. The number of carbonyl (C=O) groups is 2. The average Bonchev–Trinajstić information content (AvgIpc) is 2.80. The Morgan fingerprint density at radius 3 is 2.37 bits per heavy atom. The highest BCUT2D eigenvalue weighted by Crippen LogP contribution is 2.29. The van der Waals surface area contributed by atoms with Gasteiger partial charge in [0, 0.05) is 5.56 Å². The summed E-state index contributed by atoms with van der Waals surface area (Å²) in [7, 11) is 1.32. The van der Waals surface area contributed by atoms with Crippen molar-refractivity contribution in [3.8, 4) is 10.6 Å². The van der Waals surface area contributed by atoms with E-state index in [1.807, 2.05) is 0 Å². The Morgan fingerprint density at radius 1 is 1.26 bits per heavy atom. The Labute approximate surface area is 113 Å². The van der Waals surface area contributed by atoms with Crippen LogP contribution >= 0.6 is 11.3 Å². The van der Waals surface area contributed by atoms with E-state index >= 15 is 0 Å². The molecule has 0 radical (unpaired) electrons. The predicted octanol–water partition coefficient (Wildman–Crippen LogP) is 1.28. The topological polar surface area (TPSA) is 108 Å². The van der Waals surface area contributed by atoms with Gasteiger partial charge in [-0.25, -0.2) is 9.78 Å². The molecule has 0 bridgehead atoms. The molecule has 1 amide bonds. The van der Waals surface area contributed by atoms with Gasteiger partial charge in [0.2, 0.25) is 0 Å². The van der Waals surface area contributed by atoms with E-state index in [2.05, 4.69) is 9.72 Å². The normalized spacial score (nSPS) is 10.2. The highest BCUT2D eigenvalue weighted by molar-refractivity contribution is 7.19. The third-order valence-corrected chi connectivity index (χ3v) is 3.37. The van der Waals surface area contributed by atoms with Crippen LogP contribution in [-0.2, 0) is 4.74 Å². The van der Waals surface area contributed by atoms with Crippen molar-refractivity contribution in [3.63, 3.8) is 0 Å². The summed E-state index contributed by atoms with van der Waals surface area (Å²) in [5.74, 6) is -1.07. The number of thiazole rings is 1. The number of nitrogens with two attached hydrogens (primary N) is 2. The van der Waals surface area contributed by atoms with E-state index in [1.165, 1.54) is 18.4 Å². The number of aromatic nitrogens is 1. The van der Waals surface area contributed by atoms with Crippen molar-refractivity contribution in [2.75, 3.05) is 12.8 Å². The van der Waals surface area contributed by atoms with Gasteiger partial charge in [0.25, 0.3) is 5.91 Å². The van der Waals surface area contributed by atoms with Crippen LogP contribution in [0.4, 0.5) is 5.00 Å². The molecule has 98 valence electrons. The molecular weight excluding hydrogens is 266 g/mol. The lowest BCUT2D eigenvalue weighted by Crippen LogP contribution is -2.13. The van der Waals surface area contributed by atoms with Gasteiger partial charge >= 0.3 is 5.97 Å². The van der Waals surface area contributed by atoms with E-state index in [-0.39, 0.29) is 10.7 Å². The minimum absolute atomic E-state index is 0.0667. The molecule has 2 rings (SSSR count). The molecule has 0 aliphatic heterocycles. The first-order valence-electron chi connectivity index (χ1n) is 5.27. The van der Waals surface area contributed by atoms with Crippen LogP contribution in [0.15, 0.2) is 24.3 Å². The summed E-state index contributed by atoms with van der Waals surface area (Å²) in [5.41, 5.74) is 12.1. The summed E-state index contributed by atoms with van der Waals surface area (Å²) in [6.45, 7) is 0. The standard InChI is InChI=1S/C12H11N3O3S/c1-18-12(17)7-4-2-6(3-5-7)11-15-8(9(13)16)10(14)19-11/h2-5H,14H2,1H3,(H2,13,16). The molecule has 19 heavy (non-hydrogen) atoms. The molecule has 0 aliphatic rings. The lowest BCUT2D eigenvalue weighted by Gasteiger charge is -2.00. The molecule has 0 spiro atoms. The molecule has 7 heteroatoms. The molecule has 0 unspecified atom stereocenters. The van der Waals surface area contributed by atoms with Gasteiger partial charge in [-0.1, -0.05) is 23.5 Å². The average molecular weight is 277 g/mol. The summed E-state index contributed by atoms with van der Waals surface area (Å²) < 4.78 is 4.60. The summed E-state index contributed by atoms with van der Waals surface area (Å²) >= 11 is 1.17. The summed E-state index contributed by atoms with van der Waals surface area (Å²) in [6, 6.07) is 6.63. The first kappa shape index (κ1) is 13.0. The molecule has 0 saturated carbocycles. The number of nitrogen functional groups attached to an aromatic ring is 1. The van der Waals surface area contributed by atoms with Crippen LogP contribution in [0.2, 0.25) is 0 Å². The number of carbonyl (C=O) groups excluding carboxylic acids is 2. The minimum Gasteiger partial charge on any atom is -0.465 e. The molecule has 0 atom stereocenters. The number of hydrogen-bond acceptors (Lipinski definition) is 6. The smallest absolute Gasteiger partial charge is 0.337 e. The van der Waals surface area contributed by atoms with Gasteiger partial charge in [-0.2, -0.15) is 0 Å². The maximum absolute atomic E-state index is 11.3. The number of hydrogen-bond donors (Lipinski definition) is 2. The first-order valence-corrected chi connectivity index (χ1v) is 6.09. The van der Waals surface area contributed by atoms with E-state index in [4.69, 9.17) is 11.5 Å². The number of nitrogens with zero attached hydrogens (tertiary/aromatic N) is 1. The van der Waals surface area contributed by atoms with Crippen LogP contribution in [-0.4, -0.2) is 24.0 Å². The molecule has 4 N–H and O–H groups in total. The van der Waals surface area contributed by atoms with Gasteiger partial charge < -0.3 is 16.2 Å². The SMILES string of the molecule is COC(=O)c1ccc(-c2nc(C(N)=O)c(N)s2)cc1. The second-order valence-corrected chi connectivity index (χ2v) is 4.70. The fraction of sp³-hybridized carbons (Fsp3) is 0.0833. The molecule has 6 nitrogen and oxygen atoms in total. The second-order valence-electron chi connectivity index (χ2n) is 3.67. The first-order chi connectivity index (χ1) is 9.02. The van der Waals surface area contributed by atoms with Gasteiger partial charge in [-0.3, -0.25) is 4.79 Å². The second kappa shape index (κ2) is 5.07. The number of esters is 1. The number of ether oxygens (including phenoxy) is 1. The quantitative estimate of drug-likeness (QED) is 0.821. The minimum atomic E-state index is -0.661. The number of amides is 1. The largest absolute Gasteiger partial charge is 0.465 e. The lowest BCUT2D eigenvalue weighted by atomic mass is 10.1. The van der Waals surface area contributed by atoms with Gasteiger partial charge in [0.15, 0.2) is 5.69 Å². The van der Waals surface area contributed by atoms with Crippen LogP contribution in [0, 0.1) is 0 Å². The van der Waals surface area contributed by atoms with Crippen LogP contribution in [0.25, 0.3) is 10.6 Å². The zero-order valence-corrected chi connectivity index (χ0v) is 10.9. The Bertz CT molecular complexity index is 634. The van der Waals surface area contributed by atoms with Gasteiger partial charge in [0.1, 0.15) is 10.0 Å². The van der Waals surface area contributed by atoms with Crippen molar-refractivity contribution in [2.45, 2.75) is 0 Å². The molecule has 0 saturated heterocycles. The van der Waals surface area contributed by atoms with Crippen LogP contribution in [0.3, 0.4) is 0 Å². The van der Waals surface area contributed by atoms with Crippen LogP contribution in [0.5, 0.6) is 0 Å². The Morgan fingerprint density at radius 2 is 1.89 bits per heavy atom. The molecule has 0 fully saturated rings. The zero-order valence-electron chi connectivity index (χ0n) is 10.0. The molecular formula is C12H11N3O3S. The van der Waals surface area contributed by atoms with Crippen molar-refractivity contribution in [3.05, 3.63) is 35.5 Å². The van der Waals surface area contributed by atoms with Crippen molar-refractivity contribution >= 4 is 28.2 Å². The van der Waals surface area contributed by atoms with Crippen LogP contribution in [0.1, 0.15) is 20.8 Å². The Kier molecular flexibility index (Phi) is 3.48. The Hall–Kier alpha value is -2.41.